The van der Waals surface area contributed by atoms with Crippen LogP contribution in [-0.4, -0.2) is 32.6 Å². The molecule has 1 fully saturated rings. The van der Waals surface area contributed by atoms with Gasteiger partial charge in [0.1, 0.15) is 17.5 Å². The van der Waals surface area contributed by atoms with E-state index in [1.165, 1.54) is 33.4 Å². The second-order valence-corrected chi connectivity index (χ2v) is 13.6. The first-order valence-electron chi connectivity index (χ1n) is 13.6. The van der Waals surface area contributed by atoms with Crippen LogP contribution in [0.4, 0.5) is 11.4 Å². The molecule has 10 heteroatoms. The number of thiazole rings is 1. The molecule has 0 aliphatic carbocycles. The van der Waals surface area contributed by atoms with Crippen molar-refractivity contribution in [2.75, 3.05) is 10.2 Å². The van der Waals surface area contributed by atoms with Crippen molar-refractivity contribution in [1.29, 1.82) is 0 Å². The number of imide groups is 1. The molecule has 3 amide bonds. The molecule has 0 bridgehead atoms. The van der Waals surface area contributed by atoms with Crippen LogP contribution in [0.3, 0.4) is 0 Å². The highest BCUT2D eigenvalue weighted by molar-refractivity contribution is 8.00. The molecule has 2 aliphatic heterocycles. The van der Waals surface area contributed by atoms with Gasteiger partial charge >= 0.3 is 4.87 Å². The number of aromatic nitrogens is 1. The molecule has 2 N–H and O–H groups in total. The fraction of sp³-hybridized carbons (Fsp3) is 0.250. The molecule has 2 aliphatic rings. The number of phenols is 1. The molecule has 4 aromatic rings. The molecule has 0 radical (unpaired) electrons. The molecule has 1 aromatic heterocycles. The van der Waals surface area contributed by atoms with Crippen molar-refractivity contribution in [2.24, 2.45) is 5.92 Å². The Hall–Kier alpha value is -4.15. The maximum absolute atomic E-state index is 14.0. The van der Waals surface area contributed by atoms with Gasteiger partial charge in [0.2, 0.25) is 17.7 Å². The number of benzene rings is 3. The van der Waals surface area contributed by atoms with E-state index in [9.17, 15) is 24.3 Å². The highest BCUT2D eigenvalue weighted by Gasteiger charge is 2.56. The molecule has 42 heavy (non-hydrogen) atoms. The van der Waals surface area contributed by atoms with Gasteiger partial charge in [0.25, 0.3) is 0 Å². The molecule has 3 heterocycles. The number of fused-ring (bicyclic) bond motifs is 2. The molecular formula is C32H29N3O5S2. The van der Waals surface area contributed by atoms with Gasteiger partial charge in [-0.25, -0.2) is 4.90 Å². The molecule has 214 valence electrons. The molecule has 6 rings (SSSR count). The summed E-state index contributed by atoms with van der Waals surface area (Å²) in [7, 11) is 0. The standard InChI is InChI=1S/C32H29N3O5S2/c1-32(2,3)19-11-9-18(10-12-19)24-25-26(29(39)35(28(25)38)21-7-5-4-6-8-21)41-30-27(24)42-31(40)34(30)17-23(37)33-20-13-15-22(36)16-14-20/h4-16,24-26,36H,17H2,1-3H3,(H,33,37)/t24-,25?,26?/m1/s1. The summed E-state index contributed by atoms with van der Waals surface area (Å²) >= 11 is 2.21. The number of hydrogen-bond acceptors (Lipinski definition) is 7. The highest BCUT2D eigenvalue weighted by Crippen LogP contribution is 2.54. The average molecular weight is 600 g/mol. The minimum absolute atomic E-state index is 0.0725. The molecule has 1 saturated heterocycles. The molecule has 8 nitrogen and oxygen atoms in total. The summed E-state index contributed by atoms with van der Waals surface area (Å²) in [6, 6.07) is 23.0. The van der Waals surface area contributed by atoms with Crippen LogP contribution >= 0.6 is 23.1 Å². The lowest BCUT2D eigenvalue weighted by Crippen LogP contribution is -2.33. The third-order valence-electron chi connectivity index (χ3n) is 7.65. The van der Waals surface area contributed by atoms with Crippen molar-refractivity contribution in [3.8, 4) is 5.75 Å². The second-order valence-electron chi connectivity index (χ2n) is 11.5. The third-order valence-corrected chi connectivity index (χ3v) is 10.3. The van der Waals surface area contributed by atoms with Crippen molar-refractivity contribution < 1.29 is 19.5 Å². The first kappa shape index (κ1) is 28.0. The van der Waals surface area contributed by atoms with Gasteiger partial charge < -0.3 is 10.4 Å². The summed E-state index contributed by atoms with van der Waals surface area (Å²) < 4.78 is 1.40. The Kier molecular flexibility index (Phi) is 7.06. The largest absolute Gasteiger partial charge is 0.508 e. The number of carbonyl (C=O) groups is 3. The Bertz CT molecular complexity index is 1740. The van der Waals surface area contributed by atoms with Gasteiger partial charge in [-0.05, 0) is 52.9 Å². The van der Waals surface area contributed by atoms with Crippen molar-refractivity contribution in [2.45, 2.75) is 48.9 Å². The van der Waals surface area contributed by atoms with E-state index in [1.54, 1.807) is 36.4 Å². The number of para-hydroxylation sites is 1. The van der Waals surface area contributed by atoms with Gasteiger partial charge in [0, 0.05) is 16.5 Å². The number of carbonyl (C=O) groups excluding carboxylic acids is 3. The topological polar surface area (TPSA) is 109 Å². The maximum Gasteiger partial charge on any atom is 0.308 e. The average Bonchev–Trinajstić information content (AvgIpc) is 3.40. The summed E-state index contributed by atoms with van der Waals surface area (Å²) in [4.78, 5) is 55.8. The molecular weight excluding hydrogens is 571 g/mol. The predicted octanol–water partition coefficient (Wildman–Crippen LogP) is 5.35. The number of rotatable bonds is 5. The third kappa shape index (κ3) is 4.94. The fourth-order valence-corrected chi connectivity index (χ4v) is 8.30. The van der Waals surface area contributed by atoms with Crippen LogP contribution in [0.2, 0.25) is 0 Å². The lowest BCUT2D eigenvalue weighted by atomic mass is 9.81. The first-order chi connectivity index (χ1) is 20.0. The van der Waals surface area contributed by atoms with Gasteiger partial charge in [-0.3, -0.25) is 23.7 Å². The summed E-state index contributed by atoms with van der Waals surface area (Å²) in [5.74, 6) is -2.20. The predicted molar refractivity (Wildman–Crippen MR) is 164 cm³/mol. The summed E-state index contributed by atoms with van der Waals surface area (Å²) in [5, 5.41) is 12.1. The number of aromatic hydroxyl groups is 1. The quantitative estimate of drug-likeness (QED) is 0.237. The molecule has 2 unspecified atom stereocenters. The number of phenolic OH excluding ortho intramolecular Hbond substituents is 1. The SMILES string of the molecule is CC(C)(C)c1ccc([C@H]2c3sc(=O)n(CC(=O)Nc4ccc(O)cc4)c3SC3C(=O)N(c4ccccc4)C(=O)C32)cc1. The minimum Gasteiger partial charge on any atom is -0.508 e. The molecule has 0 spiro atoms. The lowest BCUT2D eigenvalue weighted by Gasteiger charge is -2.31. The number of amides is 3. The lowest BCUT2D eigenvalue weighted by molar-refractivity contribution is -0.122. The molecule has 3 aromatic carbocycles. The zero-order valence-corrected chi connectivity index (χ0v) is 24.9. The second kappa shape index (κ2) is 10.6. The van der Waals surface area contributed by atoms with Gasteiger partial charge in [-0.15, -0.1) is 0 Å². The van der Waals surface area contributed by atoms with Crippen LogP contribution in [0.15, 0.2) is 88.7 Å². The maximum atomic E-state index is 14.0. The van der Waals surface area contributed by atoms with Gasteiger partial charge in [-0.1, -0.05) is 86.3 Å². The van der Waals surface area contributed by atoms with E-state index in [2.05, 4.69) is 26.1 Å². The zero-order chi connectivity index (χ0) is 29.8. The summed E-state index contributed by atoms with van der Waals surface area (Å²) in [6.07, 6.45) is 0. The van der Waals surface area contributed by atoms with Crippen molar-refractivity contribution >= 4 is 52.2 Å². The van der Waals surface area contributed by atoms with Gasteiger partial charge in [0.05, 0.1) is 16.6 Å². The number of nitrogens with zero attached hydrogens (tertiary/aromatic N) is 2. The van der Waals surface area contributed by atoms with Gasteiger partial charge in [0.15, 0.2) is 0 Å². The number of nitrogens with one attached hydrogen (secondary N) is 1. The van der Waals surface area contributed by atoms with Crippen LogP contribution in [0.25, 0.3) is 0 Å². The number of thioether (sulfide) groups is 1. The minimum atomic E-state index is -0.752. The van der Waals surface area contributed by atoms with E-state index >= 15 is 0 Å². The van der Waals surface area contributed by atoms with E-state index in [-0.39, 0.29) is 34.4 Å². The Morgan fingerprint density at radius 3 is 2.21 bits per heavy atom. The van der Waals surface area contributed by atoms with E-state index in [0.29, 0.717) is 21.3 Å². The number of hydrogen-bond donors (Lipinski definition) is 2. The monoisotopic (exact) mass is 599 g/mol. The van der Waals surface area contributed by atoms with Crippen molar-refractivity contribution in [3.63, 3.8) is 0 Å². The normalized spacial score (nSPS) is 19.9. The number of anilines is 2. The van der Waals surface area contributed by atoms with Crippen molar-refractivity contribution in [3.05, 3.63) is 105 Å². The van der Waals surface area contributed by atoms with E-state index in [4.69, 9.17) is 0 Å². The van der Waals surface area contributed by atoms with Crippen LogP contribution in [-0.2, 0) is 26.3 Å². The highest BCUT2D eigenvalue weighted by atomic mass is 32.2. The van der Waals surface area contributed by atoms with Crippen LogP contribution in [0.1, 0.15) is 42.7 Å². The summed E-state index contributed by atoms with van der Waals surface area (Å²) in [5.41, 5.74) is 2.90. The van der Waals surface area contributed by atoms with E-state index in [0.717, 1.165) is 22.5 Å². The van der Waals surface area contributed by atoms with E-state index in [1.807, 2.05) is 30.3 Å². The van der Waals surface area contributed by atoms with Crippen LogP contribution in [0, 0.1) is 5.92 Å². The zero-order valence-electron chi connectivity index (χ0n) is 23.2. The Balaban J connectivity index is 1.41. The van der Waals surface area contributed by atoms with Crippen molar-refractivity contribution in [1.82, 2.24) is 4.57 Å². The summed E-state index contributed by atoms with van der Waals surface area (Å²) in [6.45, 7) is 6.12. The Labute approximate surface area is 251 Å². The smallest absolute Gasteiger partial charge is 0.308 e. The van der Waals surface area contributed by atoms with Crippen LogP contribution in [0.5, 0.6) is 5.75 Å². The Morgan fingerprint density at radius 1 is 0.905 bits per heavy atom. The molecule has 0 saturated carbocycles. The first-order valence-corrected chi connectivity index (χ1v) is 15.2. The van der Waals surface area contributed by atoms with E-state index < -0.39 is 23.0 Å². The Morgan fingerprint density at radius 2 is 1.57 bits per heavy atom. The van der Waals surface area contributed by atoms with Gasteiger partial charge in [-0.2, -0.15) is 0 Å². The van der Waals surface area contributed by atoms with Crippen LogP contribution < -0.4 is 15.1 Å². The molecule has 3 atom stereocenters. The fourth-order valence-electron chi connectivity index (χ4n) is 5.53.